The monoisotopic (exact) mass is 229 g/mol. The molecule has 1 unspecified atom stereocenters. The van der Waals surface area contributed by atoms with E-state index < -0.39 is 26.4 Å². The van der Waals surface area contributed by atoms with E-state index in [0.29, 0.717) is 6.54 Å². The summed E-state index contributed by atoms with van der Waals surface area (Å²) in [6.45, 7) is 1.44. The maximum atomic E-state index is 10.6. The van der Waals surface area contributed by atoms with Crippen molar-refractivity contribution >= 4 is 13.8 Å². The van der Waals surface area contributed by atoms with Crippen LogP contribution in [-0.4, -0.2) is 40.4 Å². The predicted octanol–water partition coefficient (Wildman–Crippen LogP) is -0.344. The molecule has 0 saturated heterocycles. The van der Waals surface area contributed by atoms with E-state index in [2.05, 4.69) is 14.5 Å². The Morgan fingerprint density at radius 3 is 2.57 bits per heavy atom. The smallest absolute Gasteiger partial charge is 0.480 e. The number of phosphoric acid groups is 1. The van der Waals surface area contributed by atoms with Gasteiger partial charge in [-0.1, -0.05) is 6.92 Å². The van der Waals surface area contributed by atoms with Crippen molar-refractivity contribution in [1.82, 2.24) is 5.32 Å². The van der Waals surface area contributed by atoms with Gasteiger partial charge in [-0.2, -0.15) is 0 Å². The quantitative estimate of drug-likeness (QED) is 0.265. The molecule has 0 aliphatic rings. The lowest BCUT2D eigenvalue weighted by Gasteiger charge is -2.14. The highest BCUT2D eigenvalue weighted by Gasteiger charge is 2.25. The number of carboxylic acids is 1. The maximum Gasteiger partial charge on any atom is 0.499 e. The van der Waals surface area contributed by atoms with Gasteiger partial charge >= 0.3 is 13.8 Å². The summed E-state index contributed by atoms with van der Waals surface area (Å²) >= 11 is 0. The summed E-state index contributed by atoms with van der Waals surface area (Å²) in [4.78, 5) is 19.0. The number of rotatable bonds is 7. The van der Waals surface area contributed by atoms with Crippen molar-refractivity contribution in [2.75, 3.05) is 13.2 Å². The van der Waals surface area contributed by atoms with E-state index in [1.165, 1.54) is 0 Å². The highest BCUT2D eigenvalue weighted by atomic mass is 31.2. The first-order chi connectivity index (χ1) is 6.43. The molecular formula is C5H12NO7P. The summed E-state index contributed by atoms with van der Waals surface area (Å²) in [7, 11) is -4.54. The van der Waals surface area contributed by atoms with Crippen LogP contribution >= 0.6 is 7.82 Å². The fourth-order valence-corrected chi connectivity index (χ4v) is 1.04. The zero-order valence-corrected chi connectivity index (χ0v) is 8.31. The van der Waals surface area contributed by atoms with E-state index in [0.717, 1.165) is 0 Å². The van der Waals surface area contributed by atoms with Crippen LogP contribution in [0, 0.1) is 0 Å². The Balaban J connectivity index is 4.06. The molecule has 0 aromatic heterocycles. The second-order valence-electron chi connectivity index (χ2n) is 2.29. The molecule has 0 spiro atoms. The zero-order chi connectivity index (χ0) is 11.2. The molecule has 0 aromatic carbocycles. The van der Waals surface area contributed by atoms with Crippen LogP contribution in [0.5, 0.6) is 0 Å². The minimum Gasteiger partial charge on any atom is -0.480 e. The van der Waals surface area contributed by atoms with E-state index in [9.17, 15) is 9.36 Å². The normalized spacial score (nSPS) is 17.4. The van der Waals surface area contributed by atoms with Crippen molar-refractivity contribution in [3.63, 3.8) is 0 Å². The number of nitrogens with one attached hydrogen (secondary N) is 1. The van der Waals surface area contributed by atoms with Gasteiger partial charge in [0.05, 0.1) is 6.61 Å². The van der Waals surface area contributed by atoms with Crippen LogP contribution in [0.1, 0.15) is 6.92 Å². The van der Waals surface area contributed by atoms with Gasteiger partial charge in [0, 0.05) is 0 Å². The topological polar surface area (TPSA) is 125 Å². The lowest BCUT2D eigenvalue weighted by Crippen LogP contribution is -2.40. The van der Waals surface area contributed by atoms with E-state index in [4.69, 9.17) is 15.3 Å². The minimum atomic E-state index is -4.54. The van der Waals surface area contributed by atoms with Crippen molar-refractivity contribution in [2.24, 2.45) is 0 Å². The van der Waals surface area contributed by atoms with Crippen LogP contribution in [0.15, 0.2) is 0 Å². The molecule has 0 aliphatic carbocycles. The molecule has 0 heterocycles. The van der Waals surface area contributed by atoms with Gasteiger partial charge < -0.3 is 15.3 Å². The fraction of sp³-hybridized carbons (Fsp3) is 0.800. The van der Waals surface area contributed by atoms with Crippen LogP contribution in [0.2, 0.25) is 0 Å². The lowest BCUT2D eigenvalue weighted by molar-refractivity contribution is -0.163. The largest absolute Gasteiger partial charge is 0.499 e. The SMILES string of the molecule is CCN[C@@H](COP(=O)(O)OO)C(=O)O. The van der Waals surface area contributed by atoms with Gasteiger partial charge in [0.25, 0.3) is 0 Å². The van der Waals surface area contributed by atoms with Crippen molar-refractivity contribution < 1.29 is 33.8 Å². The van der Waals surface area contributed by atoms with E-state index in [1.54, 1.807) is 6.92 Å². The predicted molar refractivity (Wildman–Crippen MR) is 44.6 cm³/mol. The van der Waals surface area contributed by atoms with E-state index in [1.807, 2.05) is 0 Å². The van der Waals surface area contributed by atoms with Crippen molar-refractivity contribution in [2.45, 2.75) is 13.0 Å². The number of likely N-dealkylation sites (N-methyl/N-ethyl adjacent to an activating group) is 1. The molecule has 0 amide bonds. The molecule has 8 nitrogen and oxygen atoms in total. The number of aliphatic carboxylic acids is 1. The Labute approximate surface area is 80.0 Å². The standard InChI is InChI=1S/C5H12NO7P/c1-2-6-4(5(7)8)3-12-14(10,11)13-9/h4,6,9H,2-3H2,1H3,(H,7,8)(H,10,11)/t4-/m0/s1. The molecule has 0 radical (unpaired) electrons. The summed E-state index contributed by atoms with van der Waals surface area (Å²) < 4.78 is 17.8. The van der Waals surface area contributed by atoms with E-state index in [-0.39, 0.29) is 0 Å². The summed E-state index contributed by atoms with van der Waals surface area (Å²) in [6.07, 6.45) is 0. The Morgan fingerprint density at radius 1 is 1.64 bits per heavy atom. The summed E-state index contributed by atoms with van der Waals surface area (Å²) in [5.41, 5.74) is 0. The first-order valence-electron chi connectivity index (χ1n) is 3.69. The molecule has 0 aromatic rings. The molecule has 84 valence electrons. The molecule has 4 N–H and O–H groups in total. The van der Waals surface area contributed by atoms with Gasteiger partial charge in [0.1, 0.15) is 6.04 Å². The Bertz CT molecular complexity index is 232. The molecule has 14 heavy (non-hydrogen) atoms. The van der Waals surface area contributed by atoms with Crippen LogP contribution < -0.4 is 5.32 Å². The van der Waals surface area contributed by atoms with Gasteiger partial charge in [-0.15, -0.1) is 4.67 Å². The highest BCUT2D eigenvalue weighted by Crippen LogP contribution is 2.41. The van der Waals surface area contributed by atoms with Gasteiger partial charge in [0.15, 0.2) is 0 Å². The van der Waals surface area contributed by atoms with Crippen LogP contribution in [-0.2, 0) is 18.6 Å². The number of carboxylic acid groups (broad SMARTS) is 1. The first-order valence-corrected chi connectivity index (χ1v) is 5.19. The molecule has 0 bridgehead atoms. The molecule has 9 heteroatoms. The average Bonchev–Trinajstić information content (AvgIpc) is 2.12. The number of hydrogen-bond acceptors (Lipinski definition) is 6. The third kappa shape index (κ3) is 5.28. The maximum absolute atomic E-state index is 10.6. The van der Waals surface area contributed by atoms with Gasteiger partial charge in [-0.3, -0.25) is 9.32 Å². The zero-order valence-electron chi connectivity index (χ0n) is 7.41. The van der Waals surface area contributed by atoms with Crippen LogP contribution in [0.25, 0.3) is 0 Å². The Kier molecular flexibility index (Phi) is 5.86. The molecule has 2 atom stereocenters. The summed E-state index contributed by atoms with van der Waals surface area (Å²) in [5.74, 6) is -1.23. The van der Waals surface area contributed by atoms with Crippen LogP contribution in [0.4, 0.5) is 0 Å². The van der Waals surface area contributed by atoms with E-state index >= 15 is 0 Å². The third-order valence-corrected chi connectivity index (χ3v) is 1.94. The molecule has 0 rings (SSSR count). The minimum absolute atomic E-state index is 0.357. The number of carbonyl (C=O) groups is 1. The molecular weight excluding hydrogens is 217 g/mol. The van der Waals surface area contributed by atoms with Crippen molar-refractivity contribution in [3.8, 4) is 0 Å². The fourth-order valence-electron chi connectivity index (χ4n) is 0.656. The summed E-state index contributed by atoms with van der Waals surface area (Å²) in [6, 6.07) is -1.13. The van der Waals surface area contributed by atoms with Gasteiger partial charge in [-0.05, 0) is 6.54 Å². The number of phosphoric ester groups is 1. The van der Waals surface area contributed by atoms with Gasteiger partial charge in [0.2, 0.25) is 0 Å². The van der Waals surface area contributed by atoms with Gasteiger partial charge in [-0.25, -0.2) is 9.82 Å². The lowest BCUT2D eigenvalue weighted by atomic mass is 10.3. The Hall–Kier alpha value is -0.500. The average molecular weight is 229 g/mol. The first kappa shape index (κ1) is 13.5. The highest BCUT2D eigenvalue weighted by molar-refractivity contribution is 7.47. The molecule has 0 saturated carbocycles. The second-order valence-corrected chi connectivity index (χ2v) is 3.65. The number of hydrogen-bond donors (Lipinski definition) is 4. The van der Waals surface area contributed by atoms with Crippen LogP contribution in [0.3, 0.4) is 0 Å². The third-order valence-electron chi connectivity index (χ3n) is 1.26. The molecule has 0 fully saturated rings. The molecule has 0 aliphatic heterocycles. The second kappa shape index (κ2) is 6.07. The van der Waals surface area contributed by atoms with Crippen molar-refractivity contribution in [3.05, 3.63) is 0 Å². The Morgan fingerprint density at radius 2 is 2.21 bits per heavy atom. The van der Waals surface area contributed by atoms with Crippen molar-refractivity contribution in [1.29, 1.82) is 0 Å². The summed E-state index contributed by atoms with van der Waals surface area (Å²) in [5, 5.41) is 18.9.